The predicted molar refractivity (Wildman–Crippen MR) is 56.6 cm³/mol. The second-order valence-electron chi connectivity index (χ2n) is 4.30. The van der Waals surface area contributed by atoms with Gasteiger partial charge < -0.3 is 16.4 Å². The summed E-state index contributed by atoms with van der Waals surface area (Å²) in [6.07, 6.45) is 2.31. The van der Waals surface area contributed by atoms with Gasteiger partial charge in [0.15, 0.2) is 0 Å². The van der Waals surface area contributed by atoms with Crippen molar-refractivity contribution in [3.63, 3.8) is 0 Å². The number of nitrogens with two attached hydrogens (primary N) is 2. The van der Waals surface area contributed by atoms with E-state index in [1.54, 1.807) is 0 Å². The highest BCUT2D eigenvalue weighted by Crippen LogP contribution is 2.19. The minimum atomic E-state index is -0.202. The molecule has 4 heteroatoms. The molecule has 4 N–H and O–H groups in total. The van der Waals surface area contributed by atoms with Crippen molar-refractivity contribution in [3.05, 3.63) is 0 Å². The standard InChI is InChI=1S/C10H21N3O/c1-8(10(12)14)6-13-5-3-9(7-13)2-4-11/h8-9H,2-7,11H2,1H3,(H2,12,14). The molecule has 2 atom stereocenters. The van der Waals surface area contributed by atoms with Crippen LogP contribution in [0.15, 0.2) is 0 Å². The Morgan fingerprint density at radius 3 is 2.93 bits per heavy atom. The van der Waals surface area contributed by atoms with Crippen LogP contribution in [0.1, 0.15) is 19.8 Å². The zero-order valence-corrected chi connectivity index (χ0v) is 8.91. The summed E-state index contributed by atoms with van der Waals surface area (Å²) >= 11 is 0. The van der Waals surface area contributed by atoms with Gasteiger partial charge in [-0.05, 0) is 31.8 Å². The van der Waals surface area contributed by atoms with Crippen molar-refractivity contribution in [3.8, 4) is 0 Å². The van der Waals surface area contributed by atoms with Gasteiger partial charge in [-0.1, -0.05) is 6.92 Å². The van der Waals surface area contributed by atoms with E-state index in [0.717, 1.165) is 38.5 Å². The summed E-state index contributed by atoms with van der Waals surface area (Å²) in [5.41, 5.74) is 10.7. The molecule has 1 amide bonds. The molecular weight excluding hydrogens is 178 g/mol. The van der Waals surface area contributed by atoms with E-state index in [9.17, 15) is 4.79 Å². The summed E-state index contributed by atoms with van der Waals surface area (Å²) < 4.78 is 0. The number of primary amides is 1. The van der Waals surface area contributed by atoms with E-state index in [0.29, 0.717) is 0 Å². The third-order valence-corrected chi connectivity index (χ3v) is 2.96. The Morgan fingerprint density at radius 2 is 2.36 bits per heavy atom. The normalized spacial score (nSPS) is 25.1. The highest BCUT2D eigenvalue weighted by Gasteiger charge is 2.23. The Labute approximate surface area is 85.6 Å². The molecule has 1 aliphatic heterocycles. The summed E-state index contributed by atoms with van der Waals surface area (Å²) in [4.78, 5) is 13.2. The second kappa shape index (κ2) is 5.32. The average molecular weight is 199 g/mol. The Bertz CT molecular complexity index is 196. The van der Waals surface area contributed by atoms with Gasteiger partial charge in [0.2, 0.25) is 5.91 Å². The number of nitrogens with zero attached hydrogens (tertiary/aromatic N) is 1. The van der Waals surface area contributed by atoms with Crippen LogP contribution in [0.4, 0.5) is 0 Å². The Balaban J connectivity index is 2.25. The van der Waals surface area contributed by atoms with Gasteiger partial charge in [0.1, 0.15) is 0 Å². The van der Waals surface area contributed by atoms with Crippen molar-refractivity contribution >= 4 is 5.91 Å². The fourth-order valence-corrected chi connectivity index (χ4v) is 2.03. The van der Waals surface area contributed by atoms with Crippen LogP contribution in [0, 0.1) is 11.8 Å². The molecule has 1 fully saturated rings. The van der Waals surface area contributed by atoms with Crippen LogP contribution in [-0.2, 0) is 4.79 Å². The monoisotopic (exact) mass is 199 g/mol. The number of likely N-dealkylation sites (tertiary alicyclic amines) is 1. The molecule has 1 saturated heterocycles. The lowest BCUT2D eigenvalue weighted by Gasteiger charge is -2.18. The molecule has 0 aromatic carbocycles. The molecule has 1 aliphatic rings. The Kier molecular flexibility index (Phi) is 4.35. The number of hydrogen-bond donors (Lipinski definition) is 2. The zero-order chi connectivity index (χ0) is 10.6. The summed E-state index contributed by atoms with van der Waals surface area (Å²) in [7, 11) is 0. The number of amides is 1. The number of hydrogen-bond acceptors (Lipinski definition) is 3. The smallest absolute Gasteiger partial charge is 0.221 e. The van der Waals surface area contributed by atoms with Gasteiger partial charge in [0, 0.05) is 19.0 Å². The van der Waals surface area contributed by atoms with Gasteiger partial charge >= 0.3 is 0 Å². The molecule has 0 aliphatic carbocycles. The van der Waals surface area contributed by atoms with Crippen molar-refractivity contribution < 1.29 is 4.79 Å². The predicted octanol–water partition coefficient (Wildman–Crippen LogP) is -0.221. The van der Waals surface area contributed by atoms with Crippen LogP contribution >= 0.6 is 0 Å². The highest BCUT2D eigenvalue weighted by molar-refractivity contribution is 5.76. The van der Waals surface area contributed by atoms with Gasteiger partial charge in [-0.3, -0.25) is 4.79 Å². The Hall–Kier alpha value is -0.610. The van der Waals surface area contributed by atoms with Crippen LogP contribution in [0.3, 0.4) is 0 Å². The average Bonchev–Trinajstić information content (AvgIpc) is 2.53. The second-order valence-corrected chi connectivity index (χ2v) is 4.30. The zero-order valence-electron chi connectivity index (χ0n) is 8.91. The van der Waals surface area contributed by atoms with E-state index in [1.807, 2.05) is 6.92 Å². The molecular formula is C10H21N3O. The maximum Gasteiger partial charge on any atom is 0.221 e. The van der Waals surface area contributed by atoms with Gasteiger partial charge in [0.05, 0.1) is 0 Å². The highest BCUT2D eigenvalue weighted by atomic mass is 16.1. The summed E-state index contributed by atoms with van der Waals surface area (Å²) in [5.74, 6) is 0.485. The number of rotatable bonds is 5. The van der Waals surface area contributed by atoms with E-state index in [4.69, 9.17) is 11.5 Å². The lowest BCUT2D eigenvalue weighted by Crippen LogP contribution is -2.33. The van der Waals surface area contributed by atoms with E-state index < -0.39 is 0 Å². The topological polar surface area (TPSA) is 72.3 Å². The van der Waals surface area contributed by atoms with Gasteiger partial charge in [-0.2, -0.15) is 0 Å². The molecule has 0 aromatic heterocycles. The molecule has 82 valence electrons. The van der Waals surface area contributed by atoms with Crippen molar-refractivity contribution in [1.29, 1.82) is 0 Å². The largest absolute Gasteiger partial charge is 0.369 e. The fraction of sp³-hybridized carbons (Fsp3) is 0.900. The van der Waals surface area contributed by atoms with Gasteiger partial charge in [-0.15, -0.1) is 0 Å². The molecule has 14 heavy (non-hydrogen) atoms. The maximum absolute atomic E-state index is 10.9. The van der Waals surface area contributed by atoms with Crippen molar-refractivity contribution in [2.75, 3.05) is 26.2 Å². The molecule has 0 spiro atoms. The first kappa shape index (κ1) is 11.5. The minimum absolute atomic E-state index is 0.0355. The molecule has 0 radical (unpaired) electrons. The Morgan fingerprint density at radius 1 is 1.64 bits per heavy atom. The van der Waals surface area contributed by atoms with E-state index in [2.05, 4.69) is 4.90 Å². The lowest BCUT2D eigenvalue weighted by atomic mass is 10.1. The molecule has 2 unspecified atom stereocenters. The SMILES string of the molecule is CC(CN1CCC(CCN)C1)C(N)=O. The van der Waals surface area contributed by atoms with Crippen molar-refractivity contribution in [2.45, 2.75) is 19.8 Å². The van der Waals surface area contributed by atoms with Gasteiger partial charge in [-0.25, -0.2) is 0 Å². The van der Waals surface area contributed by atoms with Crippen LogP contribution in [-0.4, -0.2) is 37.0 Å². The quantitative estimate of drug-likeness (QED) is 0.643. The van der Waals surface area contributed by atoms with Gasteiger partial charge in [0.25, 0.3) is 0 Å². The van der Waals surface area contributed by atoms with E-state index in [1.165, 1.54) is 6.42 Å². The number of carbonyl (C=O) groups is 1. The first-order valence-electron chi connectivity index (χ1n) is 5.35. The summed E-state index contributed by atoms with van der Waals surface area (Å²) in [6.45, 7) is 5.62. The molecule has 0 saturated carbocycles. The lowest BCUT2D eigenvalue weighted by molar-refractivity contribution is -0.121. The van der Waals surface area contributed by atoms with E-state index >= 15 is 0 Å². The number of carbonyl (C=O) groups excluding carboxylic acids is 1. The fourth-order valence-electron chi connectivity index (χ4n) is 2.03. The maximum atomic E-state index is 10.9. The molecule has 0 bridgehead atoms. The minimum Gasteiger partial charge on any atom is -0.369 e. The molecule has 1 heterocycles. The third-order valence-electron chi connectivity index (χ3n) is 2.96. The van der Waals surface area contributed by atoms with Crippen molar-refractivity contribution in [2.24, 2.45) is 23.3 Å². The third kappa shape index (κ3) is 3.27. The van der Waals surface area contributed by atoms with Crippen LogP contribution in [0.5, 0.6) is 0 Å². The molecule has 1 rings (SSSR count). The van der Waals surface area contributed by atoms with Crippen LogP contribution in [0.25, 0.3) is 0 Å². The molecule has 4 nitrogen and oxygen atoms in total. The van der Waals surface area contributed by atoms with Crippen LogP contribution in [0.2, 0.25) is 0 Å². The van der Waals surface area contributed by atoms with E-state index in [-0.39, 0.29) is 11.8 Å². The summed E-state index contributed by atoms with van der Waals surface area (Å²) in [6, 6.07) is 0. The molecule has 0 aromatic rings. The van der Waals surface area contributed by atoms with Crippen molar-refractivity contribution in [1.82, 2.24) is 4.90 Å². The summed E-state index contributed by atoms with van der Waals surface area (Å²) in [5, 5.41) is 0. The first-order chi connectivity index (χ1) is 6.63. The van der Waals surface area contributed by atoms with Crippen LogP contribution < -0.4 is 11.5 Å². The first-order valence-corrected chi connectivity index (χ1v) is 5.35.